The van der Waals surface area contributed by atoms with Crippen molar-refractivity contribution >= 4 is 11.9 Å². The molecule has 0 fully saturated rings. The van der Waals surface area contributed by atoms with E-state index >= 15 is 4.39 Å². The van der Waals surface area contributed by atoms with Crippen LogP contribution in [-0.4, -0.2) is 47.1 Å². The molecular weight excluding hydrogens is 545 g/mol. The summed E-state index contributed by atoms with van der Waals surface area (Å²) in [6, 6.07) is 7.02. The lowest BCUT2D eigenvalue weighted by Gasteiger charge is -2.26. The zero-order chi connectivity index (χ0) is 32.2. The number of carbonyl (C=O) groups excluding carboxylic acids is 1. The van der Waals surface area contributed by atoms with E-state index in [1.165, 1.54) is 4.57 Å². The van der Waals surface area contributed by atoms with E-state index in [4.69, 9.17) is 0 Å². The number of carboxylic acid groups (broad SMARTS) is 1. The fourth-order valence-electron chi connectivity index (χ4n) is 5.84. The first-order chi connectivity index (χ1) is 20.1. The first kappa shape index (κ1) is 33.7. The number of nitrogens with one attached hydrogen (secondary N) is 1. The summed E-state index contributed by atoms with van der Waals surface area (Å²) in [6.45, 7) is 14.2. The van der Waals surface area contributed by atoms with Crippen molar-refractivity contribution in [3.63, 3.8) is 0 Å². The van der Waals surface area contributed by atoms with Gasteiger partial charge in [-0.3, -0.25) is 14.4 Å². The average molecular weight is 592 g/mol. The second kappa shape index (κ2) is 14.1. The number of amides is 1. The van der Waals surface area contributed by atoms with Crippen LogP contribution in [0.4, 0.5) is 4.39 Å². The van der Waals surface area contributed by atoms with Crippen molar-refractivity contribution in [2.24, 2.45) is 5.92 Å². The molecule has 0 radical (unpaired) electrons. The van der Waals surface area contributed by atoms with Crippen LogP contribution in [0, 0.1) is 46.4 Å². The molecule has 0 aliphatic rings. The number of aliphatic carboxylic acids is 1. The molecule has 1 aromatic heterocycles. The molecule has 0 aliphatic heterocycles. The minimum atomic E-state index is -1.17. The fraction of sp³-hybridized carbons (Fsp3) is 0.457. The van der Waals surface area contributed by atoms with E-state index in [9.17, 15) is 19.5 Å². The summed E-state index contributed by atoms with van der Waals surface area (Å²) in [4.78, 5) is 41.2. The summed E-state index contributed by atoms with van der Waals surface area (Å²) in [5, 5.41) is 12.6. The molecule has 2 unspecified atom stereocenters. The zero-order valence-electron chi connectivity index (χ0n) is 27.0. The summed E-state index contributed by atoms with van der Waals surface area (Å²) < 4.78 is 17.2. The molecule has 0 aliphatic carbocycles. The third-order valence-corrected chi connectivity index (χ3v) is 7.88. The summed E-state index contributed by atoms with van der Waals surface area (Å²) in [7, 11) is 3.94. The third kappa shape index (κ3) is 8.41. The van der Waals surface area contributed by atoms with Gasteiger partial charge in [0.05, 0.1) is 12.5 Å². The van der Waals surface area contributed by atoms with Gasteiger partial charge >= 0.3 is 5.97 Å². The van der Waals surface area contributed by atoms with Gasteiger partial charge in [0.15, 0.2) is 0 Å². The van der Waals surface area contributed by atoms with E-state index in [0.29, 0.717) is 18.4 Å². The van der Waals surface area contributed by atoms with Crippen molar-refractivity contribution < 1.29 is 19.1 Å². The Morgan fingerprint density at radius 1 is 0.953 bits per heavy atom. The number of hydrogen-bond acceptors (Lipinski definition) is 4. The second-order valence-electron chi connectivity index (χ2n) is 12.6. The Balaban J connectivity index is 2.10. The molecule has 1 heterocycles. The van der Waals surface area contributed by atoms with E-state index in [1.807, 2.05) is 60.5 Å². The van der Waals surface area contributed by atoms with Crippen molar-refractivity contribution in [2.45, 2.75) is 79.8 Å². The molecule has 0 spiro atoms. The predicted molar refractivity (Wildman–Crippen MR) is 170 cm³/mol. The van der Waals surface area contributed by atoms with Gasteiger partial charge in [0.25, 0.3) is 5.56 Å². The molecule has 43 heavy (non-hydrogen) atoms. The molecule has 3 aromatic rings. The lowest BCUT2D eigenvalue weighted by molar-refractivity contribution is -0.138. The number of carbonyl (C=O) groups is 2. The summed E-state index contributed by atoms with van der Waals surface area (Å²) in [6.07, 6.45) is 2.29. The largest absolute Gasteiger partial charge is 0.481 e. The van der Waals surface area contributed by atoms with Crippen LogP contribution in [0.15, 0.2) is 41.3 Å². The number of hydrogen-bond donors (Lipinski definition) is 2. The van der Waals surface area contributed by atoms with Crippen molar-refractivity contribution in [3.8, 4) is 11.1 Å². The number of halogens is 1. The van der Waals surface area contributed by atoms with Crippen LogP contribution in [0.3, 0.4) is 0 Å². The second-order valence-corrected chi connectivity index (χ2v) is 12.6. The van der Waals surface area contributed by atoms with Gasteiger partial charge in [-0.05, 0) is 119 Å². The minimum absolute atomic E-state index is 0.0573. The first-order valence-corrected chi connectivity index (χ1v) is 14.9. The number of likely N-dealkylation sites (N-methyl/N-ethyl adjacent to an activating group) is 1. The van der Waals surface area contributed by atoms with E-state index in [0.717, 1.165) is 45.5 Å². The number of pyridine rings is 1. The molecule has 2 atom stereocenters. The number of aryl methyl sites for hydroxylation is 5. The predicted octanol–water partition coefficient (Wildman–Crippen LogP) is 6.22. The molecule has 232 valence electrons. The maximum atomic E-state index is 15.8. The Hall–Kier alpha value is -3.78. The van der Waals surface area contributed by atoms with E-state index < -0.39 is 36.2 Å². The molecule has 3 rings (SSSR count). The number of carboxylic acids is 1. The van der Waals surface area contributed by atoms with Crippen LogP contribution >= 0.6 is 0 Å². The molecule has 2 aromatic carbocycles. The topological polar surface area (TPSA) is 91.6 Å². The maximum absolute atomic E-state index is 15.8. The summed E-state index contributed by atoms with van der Waals surface area (Å²) in [5.74, 6) is -2.19. The van der Waals surface area contributed by atoms with Crippen LogP contribution in [0.1, 0.15) is 77.7 Å². The van der Waals surface area contributed by atoms with Gasteiger partial charge in [0.2, 0.25) is 5.91 Å². The van der Waals surface area contributed by atoms with Gasteiger partial charge in [-0.15, -0.1) is 0 Å². The highest BCUT2D eigenvalue weighted by Gasteiger charge is 2.29. The van der Waals surface area contributed by atoms with Crippen molar-refractivity contribution in [2.75, 3.05) is 20.6 Å². The minimum Gasteiger partial charge on any atom is -0.481 e. The monoisotopic (exact) mass is 591 g/mol. The number of rotatable bonds is 12. The third-order valence-electron chi connectivity index (χ3n) is 7.88. The number of nitrogens with zero attached hydrogens (tertiary/aromatic N) is 2. The number of benzene rings is 2. The molecule has 2 N–H and O–H groups in total. The van der Waals surface area contributed by atoms with Crippen LogP contribution < -0.4 is 10.9 Å². The van der Waals surface area contributed by atoms with Crippen molar-refractivity contribution in [1.29, 1.82) is 0 Å². The summed E-state index contributed by atoms with van der Waals surface area (Å²) in [5.41, 5.74) is 6.83. The number of aromatic nitrogens is 1. The SMILES string of the molecule is Cc1cc(C)c(-c2cc(C)c(F)c(C(CC(=O)O)NC(=O)C(CC(C)C)n3cc(CCN(C)C)c(C)cc3=O)c2)c(C)c1. The van der Waals surface area contributed by atoms with Crippen LogP contribution in [0.5, 0.6) is 0 Å². The zero-order valence-corrected chi connectivity index (χ0v) is 27.0. The molecule has 0 saturated heterocycles. The lowest BCUT2D eigenvalue weighted by Crippen LogP contribution is -2.40. The molecule has 8 heteroatoms. The van der Waals surface area contributed by atoms with Crippen LogP contribution in [0.2, 0.25) is 0 Å². The van der Waals surface area contributed by atoms with Crippen LogP contribution in [0.25, 0.3) is 11.1 Å². The Kier molecular flexibility index (Phi) is 11.1. The summed E-state index contributed by atoms with van der Waals surface area (Å²) >= 11 is 0. The Bertz CT molecular complexity index is 1530. The van der Waals surface area contributed by atoms with E-state index in [-0.39, 0.29) is 17.0 Å². The van der Waals surface area contributed by atoms with Gasteiger partial charge in [-0.2, -0.15) is 0 Å². The lowest BCUT2D eigenvalue weighted by atomic mass is 9.89. The first-order valence-electron chi connectivity index (χ1n) is 14.9. The highest BCUT2D eigenvalue weighted by molar-refractivity contribution is 5.82. The smallest absolute Gasteiger partial charge is 0.305 e. The van der Waals surface area contributed by atoms with Crippen molar-refractivity contribution in [3.05, 3.63) is 91.6 Å². The molecule has 7 nitrogen and oxygen atoms in total. The Morgan fingerprint density at radius 2 is 1.58 bits per heavy atom. The Labute approximate surface area is 254 Å². The van der Waals surface area contributed by atoms with Gasteiger partial charge in [-0.1, -0.05) is 31.5 Å². The van der Waals surface area contributed by atoms with Crippen molar-refractivity contribution in [1.82, 2.24) is 14.8 Å². The maximum Gasteiger partial charge on any atom is 0.305 e. The average Bonchev–Trinajstić information content (AvgIpc) is 2.87. The molecule has 0 bridgehead atoms. The van der Waals surface area contributed by atoms with Gasteiger partial charge in [-0.25, -0.2) is 4.39 Å². The fourth-order valence-corrected chi connectivity index (χ4v) is 5.84. The standard InChI is InChI=1S/C35H46FN3O4/c1-20(2)12-30(39-19-26(10-11-38(8)9)22(4)16-31(39)40)35(43)37-29(18-32(41)42)28-17-27(15-25(7)34(28)36)33-23(5)13-21(3)14-24(33)6/h13-17,19-20,29-30H,10-12,18H2,1-9H3,(H,37,43)(H,41,42). The molecule has 1 amide bonds. The van der Waals surface area contributed by atoms with E-state index in [1.54, 1.807) is 31.3 Å². The highest BCUT2D eigenvalue weighted by Crippen LogP contribution is 2.34. The quantitative estimate of drug-likeness (QED) is 0.261. The molecular formula is C35H46FN3O4. The highest BCUT2D eigenvalue weighted by atomic mass is 19.1. The van der Waals surface area contributed by atoms with Gasteiger partial charge in [0.1, 0.15) is 11.9 Å². The van der Waals surface area contributed by atoms with Gasteiger partial charge in [0, 0.05) is 24.4 Å². The van der Waals surface area contributed by atoms with E-state index in [2.05, 4.69) is 17.4 Å². The molecule has 0 saturated carbocycles. The van der Waals surface area contributed by atoms with Gasteiger partial charge < -0.3 is 19.9 Å². The van der Waals surface area contributed by atoms with Crippen LogP contribution in [-0.2, 0) is 16.0 Å². The normalized spacial score (nSPS) is 12.9. The Morgan fingerprint density at radius 3 is 2.14 bits per heavy atom.